The fourth-order valence-corrected chi connectivity index (χ4v) is 6.40. The second-order valence-corrected chi connectivity index (χ2v) is 9.43. The summed E-state index contributed by atoms with van der Waals surface area (Å²) in [5.74, 6) is 0.218. The summed E-state index contributed by atoms with van der Waals surface area (Å²) in [6, 6.07) is 20.6. The highest BCUT2D eigenvalue weighted by Gasteiger charge is 2.68. The lowest BCUT2D eigenvalue weighted by atomic mass is 10.1. The Hall–Kier alpha value is -1.45. The first-order chi connectivity index (χ1) is 13.0. The van der Waals surface area contributed by atoms with E-state index in [2.05, 4.69) is 36.5 Å². The van der Waals surface area contributed by atoms with Gasteiger partial charge < -0.3 is 9.05 Å². The summed E-state index contributed by atoms with van der Waals surface area (Å²) in [5.41, 5.74) is 2.42. The molecule has 5 heteroatoms. The molecule has 27 heavy (non-hydrogen) atoms. The minimum atomic E-state index is -3.29. The summed E-state index contributed by atoms with van der Waals surface area (Å²) >= 11 is 0. The van der Waals surface area contributed by atoms with Gasteiger partial charge >= 0.3 is 7.60 Å². The van der Waals surface area contributed by atoms with E-state index in [4.69, 9.17) is 9.05 Å². The van der Waals surface area contributed by atoms with E-state index in [1.807, 2.05) is 50.2 Å². The molecule has 0 radical (unpaired) electrons. The first kappa shape index (κ1) is 20.3. The van der Waals surface area contributed by atoms with E-state index in [0.717, 1.165) is 12.8 Å². The third-order valence-corrected chi connectivity index (χ3v) is 8.10. The van der Waals surface area contributed by atoms with Crippen molar-refractivity contribution in [2.75, 3.05) is 13.2 Å². The van der Waals surface area contributed by atoms with Crippen molar-refractivity contribution in [3.63, 3.8) is 0 Å². The molecule has 0 heterocycles. The van der Waals surface area contributed by atoms with Crippen LogP contribution in [0.1, 0.15) is 44.4 Å². The fourth-order valence-electron chi connectivity index (χ4n) is 3.86. The Kier molecular flexibility index (Phi) is 6.54. The molecular weight excluding hydrogens is 357 g/mol. The molecule has 2 aromatic rings. The fraction of sp³-hybridized carbons (Fsp3) is 0.455. The lowest BCUT2D eigenvalue weighted by Gasteiger charge is -2.31. The van der Waals surface area contributed by atoms with Crippen LogP contribution in [0.4, 0.5) is 0 Å². The number of hydrogen-bond acceptors (Lipinski definition) is 4. The number of hydrogen-bond donors (Lipinski definition) is 1. The van der Waals surface area contributed by atoms with Crippen molar-refractivity contribution in [3.05, 3.63) is 71.8 Å². The van der Waals surface area contributed by atoms with E-state index in [1.54, 1.807) is 0 Å². The number of rotatable bonds is 10. The SMILES string of the molecule is CCOP(=O)(OCC)[C@@]1(N[C@@H](C)c2ccccc2)C[C@@H]1Cc1ccccc1. The van der Waals surface area contributed by atoms with Gasteiger partial charge in [-0.1, -0.05) is 60.7 Å². The molecule has 0 aromatic heterocycles. The smallest absolute Gasteiger partial charge is 0.308 e. The molecular formula is C22H30NO3P. The van der Waals surface area contributed by atoms with Crippen LogP contribution >= 0.6 is 7.60 Å². The van der Waals surface area contributed by atoms with Crippen LogP contribution in [-0.4, -0.2) is 18.5 Å². The average molecular weight is 387 g/mol. The van der Waals surface area contributed by atoms with Crippen LogP contribution in [0.3, 0.4) is 0 Å². The van der Waals surface area contributed by atoms with E-state index in [1.165, 1.54) is 11.1 Å². The highest BCUT2D eigenvalue weighted by molar-refractivity contribution is 7.56. The molecule has 3 rings (SSSR count). The van der Waals surface area contributed by atoms with Gasteiger partial charge in [-0.2, -0.15) is 0 Å². The summed E-state index contributed by atoms with van der Waals surface area (Å²) in [6.45, 7) is 6.59. The molecule has 2 aromatic carbocycles. The van der Waals surface area contributed by atoms with E-state index in [9.17, 15) is 4.57 Å². The molecule has 0 unspecified atom stereocenters. The predicted octanol–water partition coefficient (Wildman–Crippen LogP) is 5.56. The maximum absolute atomic E-state index is 13.8. The molecule has 0 aliphatic heterocycles. The second kappa shape index (κ2) is 8.70. The lowest BCUT2D eigenvalue weighted by Crippen LogP contribution is -2.37. The van der Waals surface area contributed by atoms with E-state index < -0.39 is 12.9 Å². The molecule has 1 N–H and O–H groups in total. The van der Waals surface area contributed by atoms with Gasteiger partial charge in [0.15, 0.2) is 0 Å². The zero-order chi connectivity index (χ0) is 19.3. The molecule has 0 spiro atoms. The van der Waals surface area contributed by atoms with Crippen LogP contribution < -0.4 is 5.32 Å². The Morgan fingerprint density at radius 3 is 2.15 bits per heavy atom. The summed E-state index contributed by atoms with van der Waals surface area (Å²) < 4.78 is 25.3. The van der Waals surface area contributed by atoms with Crippen molar-refractivity contribution in [1.82, 2.24) is 5.32 Å². The largest absolute Gasteiger partial charge is 0.350 e. The van der Waals surface area contributed by atoms with Crippen LogP contribution in [0.25, 0.3) is 0 Å². The molecule has 3 atom stereocenters. The van der Waals surface area contributed by atoms with Crippen molar-refractivity contribution in [3.8, 4) is 0 Å². The van der Waals surface area contributed by atoms with Crippen LogP contribution in [0.5, 0.6) is 0 Å². The maximum Gasteiger partial charge on any atom is 0.350 e. The monoisotopic (exact) mass is 387 g/mol. The first-order valence-corrected chi connectivity index (χ1v) is 11.3. The van der Waals surface area contributed by atoms with Crippen LogP contribution in [0.15, 0.2) is 60.7 Å². The van der Waals surface area contributed by atoms with Gasteiger partial charge in [0.05, 0.1) is 13.2 Å². The van der Waals surface area contributed by atoms with Crippen molar-refractivity contribution < 1.29 is 13.6 Å². The lowest BCUT2D eigenvalue weighted by molar-refractivity contribution is 0.199. The predicted molar refractivity (Wildman–Crippen MR) is 110 cm³/mol. The maximum atomic E-state index is 13.8. The highest BCUT2D eigenvalue weighted by Crippen LogP contribution is 2.73. The van der Waals surface area contributed by atoms with Crippen molar-refractivity contribution in [2.24, 2.45) is 5.92 Å². The molecule has 1 aliphatic carbocycles. The van der Waals surface area contributed by atoms with Crippen molar-refractivity contribution in [2.45, 2.75) is 44.9 Å². The normalized spacial score (nSPS) is 23.1. The van der Waals surface area contributed by atoms with E-state index in [-0.39, 0.29) is 12.0 Å². The molecule has 0 amide bonds. The van der Waals surface area contributed by atoms with Gasteiger partial charge in [0.25, 0.3) is 0 Å². The van der Waals surface area contributed by atoms with E-state index >= 15 is 0 Å². The van der Waals surface area contributed by atoms with Gasteiger partial charge in [-0.25, -0.2) is 0 Å². The van der Waals surface area contributed by atoms with Gasteiger partial charge in [-0.15, -0.1) is 0 Å². The quantitative estimate of drug-likeness (QED) is 0.542. The Labute approximate surface area is 162 Å². The molecule has 1 fully saturated rings. The molecule has 4 nitrogen and oxygen atoms in total. The van der Waals surface area contributed by atoms with E-state index in [0.29, 0.717) is 13.2 Å². The van der Waals surface area contributed by atoms with Gasteiger partial charge in [0.2, 0.25) is 0 Å². The Morgan fingerprint density at radius 1 is 1.04 bits per heavy atom. The topological polar surface area (TPSA) is 47.6 Å². The average Bonchev–Trinajstić information content (AvgIpc) is 3.37. The number of benzene rings is 2. The van der Waals surface area contributed by atoms with Crippen molar-refractivity contribution in [1.29, 1.82) is 0 Å². The Bertz CT molecular complexity index is 758. The van der Waals surface area contributed by atoms with Gasteiger partial charge in [0, 0.05) is 6.04 Å². The molecule has 0 saturated heterocycles. The van der Waals surface area contributed by atoms with Gasteiger partial charge in [-0.05, 0) is 50.7 Å². The third-order valence-electron chi connectivity index (χ3n) is 5.25. The molecule has 1 saturated carbocycles. The molecule has 146 valence electrons. The molecule has 0 bridgehead atoms. The van der Waals surface area contributed by atoms with Crippen molar-refractivity contribution >= 4 is 7.60 Å². The van der Waals surface area contributed by atoms with Gasteiger partial charge in [0.1, 0.15) is 5.28 Å². The van der Waals surface area contributed by atoms with Crippen LogP contribution in [0.2, 0.25) is 0 Å². The standard InChI is InChI=1S/C22H30NO3P/c1-4-25-27(24,26-5-2)22(23-18(3)20-14-10-7-11-15-20)17-21(22)16-19-12-8-6-9-13-19/h6-15,18,21,23H,4-5,16-17H2,1-3H3/t18-,21-,22-/m0/s1. The van der Waals surface area contributed by atoms with Crippen LogP contribution in [-0.2, 0) is 20.0 Å². The highest BCUT2D eigenvalue weighted by atomic mass is 31.2. The number of nitrogens with one attached hydrogen (secondary N) is 1. The zero-order valence-electron chi connectivity index (χ0n) is 16.4. The summed E-state index contributed by atoms with van der Waals surface area (Å²) in [7, 11) is -3.29. The van der Waals surface area contributed by atoms with Crippen LogP contribution in [0, 0.1) is 5.92 Å². The third kappa shape index (κ3) is 4.35. The minimum absolute atomic E-state index is 0.0567. The summed E-state index contributed by atoms with van der Waals surface area (Å²) in [6.07, 6.45) is 1.65. The summed E-state index contributed by atoms with van der Waals surface area (Å²) in [5, 5.41) is 3.02. The zero-order valence-corrected chi connectivity index (χ0v) is 17.3. The second-order valence-electron chi connectivity index (χ2n) is 7.12. The Morgan fingerprint density at radius 2 is 1.59 bits per heavy atom. The Balaban J connectivity index is 1.87. The summed E-state index contributed by atoms with van der Waals surface area (Å²) in [4.78, 5) is 0. The first-order valence-electron chi connectivity index (χ1n) is 9.80. The molecule has 1 aliphatic rings. The minimum Gasteiger partial charge on any atom is -0.308 e. The van der Waals surface area contributed by atoms with Gasteiger partial charge in [-0.3, -0.25) is 9.88 Å².